The van der Waals surface area contributed by atoms with Crippen LogP contribution in [0.2, 0.25) is 0 Å². The Kier molecular flexibility index (Phi) is 9.07. The number of rotatable bonds is 9. The summed E-state index contributed by atoms with van der Waals surface area (Å²) >= 11 is 3.37. The zero-order valence-corrected chi connectivity index (χ0v) is 19.7. The fraction of sp³-hybridized carbons (Fsp3) is 0.348. The summed E-state index contributed by atoms with van der Waals surface area (Å²) in [7, 11) is 0. The predicted octanol–water partition coefficient (Wildman–Crippen LogP) is 3.35. The molecular weight excluding hydrogens is 478 g/mol. The SMILES string of the molecule is CC(C)[C@H](NC(=O)[C@H](Cc1ccc(O)cc1)NC(=O)N[C@H](C)c1ccc(Br)cc1)C(=O)O. The van der Waals surface area contributed by atoms with Crippen LogP contribution in [-0.2, 0) is 16.0 Å². The largest absolute Gasteiger partial charge is 0.508 e. The molecule has 8 nitrogen and oxygen atoms in total. The molecule has 0 aliphatic heterocycles. The van der Waals surface area contributed by atoms with Gasteiger partial charge in [0, 0.05) is 10.9 Å². The van der Waals surface area contributed by atoms with E-state index in [9.17, 15) is 24.6 Å². The Balaban J connectivity index is 2.14. The van der Waals surface area contributed by atoms with Crippen LogP contribution < -0.4 is 16.0 Å². The van der Waals surface area contributed by atoms with Crippen molar-refractivity contribution in [2.75, 3.05) is 0 Å². The summed E-state index contributed by atoms with van der Waals surface area (Å²) in [6.45, 7) is 5.19. The van der Waals surface area contributed by atoms with Gasteiger partial charge < -0.3 is 26.2 Å². The Morgan fingerprint density at radius 3 is 2.03 bits per heavy atom. The van der Waals surface area contributed by atoms with Crippen molar-refractivity contribution in [2.24, 2.45) is 5.92 Å². The van der Waals surface area contributed by atoms with E-state index in [1.807, 2.05) is 31.2 Å². The maximum absolute atomic E-state index is 12.9. The summed E-state index contributed by atoms with van der Waals surface area (Å²) in [4.78, 5) is 37.0. The molecule has 172 valence electrons. The number of nitrogens with one attached hydrogen (secondary N) is 3. The third-order valence-electron chi connectivity index (χ3n) is 4.95. The summed E-state index contributed by atoms with van der Waals surface area (Å²) in [5, 5.41) is 26.8. The maximum Gasteiger partial charge on any atom is 0.326 e. The maximum atomic E-state index is 12.9. The van der Waals surface area contributed by atoms with Crippen molar-refractivity contribution < 1.29 is 24.6 Å². The Labute approximate surface area is 195 Å². The average Bonchev–Trinajstić information content (AvgIpc) is 2.72. The Morgan fingerprint density at radius 2 is 1.50 bits per heavy atom. The highest BCUT2D eigenvalue weighted by molar-refractivity contribution is 9.10. The molecule has 0 radical (unpaired) electrons. The lowest BCUT2D eigenvalue weighted by molar-refractivity contribution is -0.143. The quantitative estimate of drug-likeness (QED) is 0.357. The van der Waals surface area contributed by atoms with Gasteiger partial charge in [-0.3, -0.25) is 4.79 Å². The molecule has 2 rings (SSSR count). The number of amides is 3. The van der Waals surface area contributed by atoms with E-state index >= 15 is 0 Å². The molecule has 0 unspecified atom stereocenters. The molecule has 5 N–H and O–H groups in total. The molecule has 0 aliphatic carbocycles. The van der Waals surface area contributed by atoms with E-state index in [0.29, 0.717) is 5.56 Å². The van der Waals surface area contributed by atoms with Crippen LogP contribution in [-0.4, -0.2) is 40.2 Å². The smallest absolute Gasteiger partial charge is 0.326 e. The van der Waals surface area contributed by atoms with Crippen LogP contribution >= 0.6 is 15.9 Å². The molecular formula is C23H28BrN3O5. The van der Waals surface area contributed by atoms with Crippen molar-refractivity contribution >= 4 is 33.8 Å². The van der Waals surface area contributed by atoms with E-state index in [4.69, 9.17) is 0 Å². The van der Waals surface area contributed by atoms with Gasteiger partial charge in [0.2, 0.25) is 5.91 Å². The monoisotopic (exact) mass is 505 g/mol. The molecule has 3 amide bonds. The number of carboxylic acids is 1. The topological polar surface area (TPSA) is 128 Å². The van der Waals surface area contributed by atoms with E-state index < -0.39 is 30.0 Å². The zero-order chi connectivity index (χ0) is 23.8. The van der Waals surface area contributed by atoms with Gasteiger partial charge >= 0.3 is 12.0 Å². The molecule has 3 atom stereocenters. The molecule has 32 heavy (non-hydrogen) atoms. The lowest BCUT2D eigenvalue weighted by atomic mass is 10.0. The first-order chi connectivity index (χ1) is 15.1. The minimum Gasteiger partial charge on any atom is -0.508 e. The summed E-state index contributed by atoms with van der Waals surface area (Å²) in [6, 6.07) is 10.7. The number of carboxylic acid groups (broad SMARTS) is 1. The van der Waals surface area contributed by atoms with Crippen molar-refractivity contribution in [1.29, 1.82) is 0 Å². The number of carbonyl (C=O) groups excluding carboxylic acids is 2. The van der Waals surface area contributed by atoms with Gasteiger partial charge in [0.15, 0.2) is 0 Å². The van der Waals surface area contributed by atoms with Gasteiger partial charge in [-0.25, -0.2) is 9.59 Å². The number of benzene rings is 2. The zero-order valence-electron chi connectivity index (χ0n) is 18.1. The van der Waals surface area contributed by atoms with Crippen molar-refractivity contribution in [2.45, 2.75) is 45.3 Å². The number of hydrogen-bond acceptors (Lipinski definition) is 4. The van der Waals surface area contributed by atoms with E-state index in [1.165, 1.54) is 12.1 Å². The lowest BCUT2D eigenvalue weighted by Crippen LogP contribution is -2.55. The summed E-state index contributed by atoms with van der Waals surface area (Å²) in [6.07, 6.45) is 0.122. The number of urea groups is 1. The van der Waals surface area contributed by atoms with Crippen molar-refractivity contribution in [3.63, 3.8) is 0 Å². The number of carbonyl (C=O) groups is 3. The van der Waals surface area contributed by atoms with Crippen LogP contribution in [0.5, 0.6) is 5.75 Å². The number of hydrogen-bond donors (Lipinski definition) is 5. The summed E-state index contributed by atoms with van der Waals surface area (Å²) < 4.78 is 0.918. The van der Waals surface area contributed by atoms with E-state index in [-0.39, 0.29) is 24.1 Å². The molecule has 0 fully saturated rings. The molecule has 2 aromatic carbocycles. The molecule has 0 saturated heterocycles. The van der Waals surface area contributed by atoms with E-state index in [1.54, 1.807) is 26.0 Å². The summed E-state index contributed by atoms with van der Waals surface area (Å²) in [5.41, 5.74) is 1.58. The number of aliphatic carboxylic acids is 1. The van der Waals surface area contributed by atoms with Crippen LogP contribution in [0, 0.1) is 5.92 Å². The third kappa shape index (κ3) is 7.56. The minimum atomic E-state index is -1.15. The van der Waals surface area contributed by atoms with Gasteiger partial charge in [0.05, 0.1) is 6.04 Å². The fourth-order valence-electron chi connectivity index (χ4n) is 3.08. The molecule has 2 aromatic rings. The van der Waals surface area contributed by atoms with E-state index in [2.05, 4.69) is 31.9 Å². The van der Waals surface area contributed by atoms with E-state index in [0.717, 1.165) is 10.0 Å². The molecule has 0 bridgehead atoms. The average molecular weight is 506 g/mol. The highest BCUT2D eigenvalue weighted by Crippen LogP contribution is 2.17. The highest BCUT2D eigenvalue weighted by atomic mass is 79.9. The predicted molar refractivity (Wildman–Crippen MR) is 124 cm³/mol. The van der Waals surface area contributed by atoms with Crippen molar-refractivity contribution in [1.82, 2.24) is 16.0 Å². The van der Waals surface area contributed by atoms with Crippen LogP contribution in [0.25, 0.3) is 0 Å². The molecule has 0 saturated carbocycles. The van der Waals surface area contributed by atoms with Crippen molar-refractivity contribution in [3.8, 4) is 5.75 Å². The van der Waals surface area contributed by atoms with Crippen molar-refractivity contribution in [3.05, 3.63) is 64.1 Å². The summed E-state index contributed by atoms with van der Waals surface area (Å²) in [5.74, 6) is -2.01. The van der Waals surface area contributed by atoms with Crippen LogP contribution in [0.15, 0.2) is 53.0 Å². The lowest BCUT2D eigenvalue weighted by Gasteiger charge is -2.24. The molecule has 0 aliphatic rings. The second-order valence-corrected chi connectivity index (χ2v) is 8.80. The molecule has 9 heteroatoms. The van der Waals surface area contributed by atoms with Gasteiger partial charge in [-0.05, 0) is 48.2 Å². The number of phenols is 1. The van der Waals surface area contributed by atoms with Gasteiger partial charge in [0.1, 0.15) is 17.8 Å². The number of halogens is 1. The van der Waals surface area contributed by atoms with Gasteiger partial charge in [-0.15, -0.1) is 0 Å². The molecule has 0 spiro atoms. The Hall–Kier alpha value is -3.07. The third-order valence-corrected chi connectivity index (χ3v) is 5.47. The molecule has 0 heterocycles. The molecule has 0 aromatic heterocycles. The Bertz CT molecular complexity index is 932. The standard InChI is InChI=1S/C23H28BrN3O5/c1-13(2)20(22(30)31)27-21(29)19(12-15-4-10-18(28)11-5-15)26-23(32)25-14(3)16-6-8-17(24)9-7-16/h4-11,13-14,19-20,28H,12H2,1-3H3,(H,27,29)(H,30,31)(H2,25,26,32)/t14-,19+,20+/m1/s1. The highest BCUT2D eigenvalue weighted by Gasteiger charge is 2.29. The van der Waals surface area contributed by atoms with Crippen LogP contribution in [0.4, 0.5) is 4.79 Å². The normalized spacial score (nSPS) is 13.7. The number of aromatic hydroxyl groups is 1. The van der Waals surface area contributed by atoms with Crippen LogP contribution in [0.1, 0.15) is 37.9 Å². The van der Waals surface area contributed by atoms with Gasteiger partial charge in [-0.1, -0.05) is 54.0 Å². The van der Waals surface area contributed by atoms with Gasteiger partial charge in [-0.2, -0.15) is 0 Å². The minimum absolute atomic E-state index is 0.0783. The second-order valence-electron chi connectivity index (χ2n) is 7.88. The first-order valence-electron chi connectivity index (χ1n) is 10.2. The first kappa shape index (κ1) is 25.2. The van der Waals surface area contributed by atoms with Crippen LogP contribution in [0.3, 0.4) is 0 Å². The first-order valence-corrected chi connectivity index (χ1v) is 11.0. The Morgan fingerprint density at radius 1 is 0.906 bits per heavy atom. The fourth-order valence-corrected chi connectivity index (χ4v) is 3.34. The number of phenolic OH excluding ortho intramolecular Hbond substituents is 1. The van der Waals surface area contributed by atoms with Gasteiger partial charge in [0.25, 0.3) is 0 Å². The second kappa shape index (κ2) is 11.5.